The Morgan fingerprint density at radius 3 is 3.10 bits per heavy atom. The molecule has 1 saturated carbocycles. The highest BCUT2D eigenvalue weighted by molar-refractivity contribution is 6.33. The molecule has 2 fully saturated rings. The standard InChI is InChI=1S/C13H15ClN6O/c14-11-10-12(19-13(15)18-11)20(5-16-10)8-2-1-6-3-7(8)17-9(21)4-6/h5-8H,1-4H2,(H,17,21)(H2,15,18,19)/t6-,7+,8-/m1/s1. The van der Waals surface area contributed by atoms with Crippen molar-refractivity contribution in [3.63, 3.8) is 0 Å². The Morgan fingerprint density at radius 2 is 2.24 bits per heavy atom. The highest BCUT2D eigenvalue weighted by Crippen LogP contribution is 2.38. The van der Waals surface area contributed by atoms with Gasteiger partial charge < -0.3 is 15.6 Å². The maximum Gasteiger partial charge on any atom is 0.223 e. The van der Waals surface area contributed by atoms with Crippen molar-refractivity contribution in [3.05, 3.63) is 11.5 Å². The first kappa shape index (κ1) is 12.8. The summed E-state index contributed by atoms with van der Waals surface area (Å²) >= 11 is 6.07. The minimum atomic E-state index is 0.123. The number of anilines is 1. The fourth-order valence-corrected chi connectivity index (χ4v) is 3.80. The third kappa shape index (κ3) is 2.03. The van der Waals surface area contributed by atoms with Crippen LogP contribution in [0.4, 0.5) is 5.95 Å². The highest BCUT2D eigenvalue weighted by Gasteiger charge is 2.38. The van der Waals surface area contributed by atoms with E-state index in [0.717, 1.165) is 19.3 Å². The van der Waals surface area contributed by atoms with E-state index in [0.29, 0.717) is 23.5 Å². The number of nitrogens with one attached hydrogen (secondary N) is 1. The molecule has 0 unspecified atom stereocenters. The van der Waals surface area contributed by atoms with Crippen molar-refractivity contribution in [2.45, 2.75) is 37.8 Å². The van der Waals surface area contributed by atoms with Crippen LogP contribution in [0.3, 0.4) is 0 Å². The number of nitrogens with zero attached hydrogens (tertiary/aromatic N) is 4. The summed E-state index contributed by atoms with van der Waals surface area (Å²) in [5.74, 6) is 0.770. The smallest absolute Gasteiger partial charge is 0.223 e. The number of carbonyl (C=O) groups excluding carboxylic acids is 1. The molecular weight excluding hydrogens is 292 g/mol. The molecule has 8 heteroatoms. The molecule has 1 aliphatic carbocycles. The van der Waals surface area contributed by atoms with Gasteiger partial charge in [0.15, 0.2) is 10.8 Å². The molecule has 4 rings (SSSR count). The quantitative estimate of drug-likeness (QED) is 0.774. The van der Waals surface area contributed by atoms with E-state index in [1.807, 2.05) is 4.57 Å². The van der Waals surface area contributed by atoms with E-state index in [4.69, 9.17) is 17.3 Å². The lowest BCUT2D eigenvalue weighted by atomic mass is 9.77. The van der Waals surface area contributed by atoms with E-state index in [-0.39, 0.29) is 29.1 Å². The number of aromatic nitrogens is 4. The summed E-state index contributed by atoms with van der Waals surface area (Å²) in [4.78, 5) is 24.2. The number of amides is 1. The minimum Gasteiger partial charge on any atom is -0.368 e. The van der Waals surface area contributed by atoms with Gasteiger partial charge in [-0.2, -0.15) is 9.97 Å². The van der Waals surface area contributed by atoms with Crippen LogP contribution in [0.2, 0.25) is 5.15 Å². The van der Waals surface area contributed by atoms with Crippen LogP contribution >= 0.6 is 11.6 Å². The molecule has 3 heterocycles. The first-order chi connectivity index (χ1) is 10.1. The summed E-state index contributed by atoms with van der Waals surface area (Å²) in [6.07, 6.45) is 5.40. The Bertz CT molecular complexity index is 729. The molecule has 7 nitrogen and oxygen atoms in total. The van der Waals surface area contributed by atoms with Gasteiger partial charge in [-0.1, -0.05) is 11.6 Å². The van der Waals surface area contributed by atoms with Crippen molar-refractivity contribution < 1.29 is 4.79 Å². The second-order valence-corrected chi connectivity index (χ2v) is 6.18. The molecule has 1 aliphatic heterocycles. The van der Waals surface area contributed by atoms with E-state index in [9.17, 15) is 4.79 Å². The number of nitrogen functional groups attached to an aromatic ring is 1. The monoisotopic (exact) mass is 306 g/mol. The molecule has 2 aromatic rings. The van der Waals surface area contributed by atoms with Gasteiger partial charge in [-0.05, 0) is 25.2 Å². The molecule has 2 aromatic heterocycles. The van der Waals surface area contributed by atoms with Gasteiger partial charge in [0.05, 0.1) is 12.4 Å². The maximum absolute atomic E-state index is 11.8. The summed E-state index contributed by atoms with van der Waals surface area (Å²) < 4.78 is 1.98. The fraction of sp³-hybridized carbons (Fsp3) is 0.538. The van der Waals surface area contributed by atoms with Gasteiger partial charge in [0.2, 0.25) is 11.9 Å². The van der Waals surface area contributed by atoms with E-state index >= 15 is 0 Å². The molecule has 0 radical (unpaired) electrons. The number of imidazole rings is 1. The molecule has 21 heavy (non-hydrogen) atoms. The van der Waals surface area contributed by atoms with Gasteiger partial charge in [0.1, 0.15) is 5.52 Å². The van der Waals surface area contributed by atoms with Gasteiger partial charge in [0, 0.05) is 12.5 Å². The van der Waals surface area contributed by atoms with Gasteiger partial charge in [-0.25, -0.2) is 4.98 Å². The Labute approximate surface area is 125 Å². The molecule has 1 amide bonds. The third-order valence-corrected chi connectivity index (χ3v) is 4.76. The second kappa shape index (κ2) is 4.56. The van der Waals surface area contributed by atoms with Crippen LogP contribution in [-0.4, -0.2) is 31.5 Å². The summed E-state index contributed by atoms with van der Waals surface area (Å²) in [6, 6.07) is 0.262. The van der Waals surface area contributed by atoms with Gasteiger partial charge in [0.25, 0.3) is 0 Å². The first-order valence-electron chi connectivity index (χ1n) is 7.06. The summed E-state index contributed by atoms with van der Waals surface area (Å²) in [6.45, 7) is 0. The lowest BCUT2D eigenvalue weighted by Gasteiger charge is -2.40. The zero-order valence-corrected chi connectivity index (χ0v) is 12.0. The molecule has 2 bridgehead atoms. The number of piperidine rings is 1. The summed E-state index contributed by atoms with van der Waals surface area (Å²) in [5, 5.41) is 3.35. The van der Waals surface area contributed by atoms with Crippen LogP contribution < -0.4 is 11.1 Å². The zero-order chi connectivity index (χ0) is 14.6. The maximum atomic E-state index is 11.8. The SMILES string of the molecule is Nc1nc(Cl)c2ncn([C@@H]3CC[C@H]4CC(=O)N[C@H]3C4)c2n1. The van der Waals surface area contributed by atoms with E-state index < -0.39 is 0 Å². The number of fused-ring (bicyclic) bond motifs is 3. The van der Waals surface area contributed by atoms with Crippen LogP contribution in [0, 0.1) is 5.92 Å². The van der Waals surface area contributed by atoms with Crippen LogP contribution in [-0.2, 0) is 4.79 Å². The molecule has 0 spiro atoms. The van der Waals surface area contributed by atoms with E-state index in [1.54, 1.807) is 6.33 Å². The van der Waals surface area contributed by atoms with Crippen molar-refractivity contribution in [1.29, 1.82) is 0 Å². The van der Waals surface area contributed by atoms with Crippen molar-refractivity contribution in [3.8, 4) is 0 Å². The fourth-order valence-electron chi connectivity index (χ4n) is 3.58. The molecule has 3 atom stereocenters. The lowest BCUT2D eigenvalue weighted by Crippen LogP contribution is -2.49. The van der Waals surface area contributed by atoms with Crippen LogP contribution in [0.5, 0.6) is 0 Å². The Balaban J connectivity index is 1.78. The van der Waals surface area contributed by atoms with Crippen molar-refractivity contribution in [1.82, 2.24) is 24.8 Å². The zero-order valence-electron chi connectivity index (χ0n) is 11.3. The Morgan fingerprint density at radius 1 is 1.38 bits per heavy atom. The Kier molecular flexibility index (Phi) is 2.78. The second-order valence-electron chi connectivity index (χ2n) is 5.82. The van der Waals surface area contributed by atoms with Crippen LogP contribution in [0.25, 0.3) is 11.2 Å². The third-order valence-electron chi connectivity index (χ3n) is 4.50. The number of halogens is 1. The molecule has 3 N–H and O–H groups in total. The van der Waals surface area contributed by atoms with Crippen LogP contribution in [0.1, 0.15) is 31.7 Å². The summed E-state index contributed by atoms with van der Waals surface area (Å²) in [5.41, 5.74) is 6.87. The number of hydrogen-bond acceptors (Lipinski definition) is 5. The largest absolute Gasteiger partial charge is 0.368 e. The molecule has 0 aromatic carbocycles. The molecule has 2 aliphatic rings. The number of carbonyl (C=O) groups is 1. The van der Waals surface area contributed by atoms with E-state index in [1.165, 1.54) is 0 Å². The average molecular weight is 307 g/mol. The lowest BCUT2D eigenvalue weighted by molar-refractivity contribution is -0.126. The summed E-state index contributed by atoms with van der Waals surface area (Å²) in [7, 11) is 0. The average Bonchev–Trinajstić information content (AvgIpc) is 2.82. The predicted octanol–water partition coefficient (Wildman–Crippen LogP) is 1.29. The number of hydrogen-bond donors (Lipinski definition) is 2. The Hall–Kier alpha value is -1.89. The highest BCUT2D eigenvalue weighted by atomic mass is 35.5. The molecule has 110 valence electrons. The van der Waals surface area contributed by atoms with Gasteiger partial charge in [-0.15, -0.1) is 0 Å². The van der Waals surface area contributed by atoms with E-state index in [2.05, 4.69) is 20.3 Å². The van der Waals surface area contributed by atoms with Crippen molar-refractivity contribution in [2.24, 2.45) is 5.92 Å². The number of rotatable bonds is 1. The van der Waals surface area contributed by atoms with Gasteiger partial charge in [-0.3, -0.25) is 4.79 Å². The topological polar surface area (TPSA) is 98.7 Å². The van der Waals surface area contributed by atoms with Gasteiger partial charge >= 0.3 is 0 Å². The first-order valence-corrected chi connectivity index (χ1v) is 7.44. The molecular formula is C13H15ClN6O. The van der Waals surface area contributed by atoms with Crippen LogP contribution in [0.15, 0.2) is 6.33 Å². The predicted molar refractivity (Wildman–Crippen MR) is 77.7 cm³/mol. The molecule has 1 saturated heterocycles. The number of nitrogens with two attached hydrogens (primary N) is 1. The van der Waals surface area contributed by atoms with Crippen molar-refractivity contribution in [2.75, 3.05) is 5.73 Å². The normalized spacial score (nSPS) is 28.6. The van der Waals surface area contributed by atoms with Crippen molar-refractivity contribution >= 4 is 34.6 Å². The minimum absolute atomic E-state index is 0.123.